The first-order valence-electron chi connectivity index (χ1n) is 6.29. The molecule has 0 aromatic carbocycles. The van der Waals surface area contributed by atoms with Gasteiger partial charge in [-0.25, -0.2) is 0 Å². The molecule has 7 nitrogen and oxygen atoms in total. The Kier molecular flexibility index (Phi) is 6.18. The molecule has 0 spiro atoms. The lowest BCUT2D eigenvalue weighted by Gasteiger charge is -2.20. The van der Waals surface area contributed by atoms with Crippen LogP contribution in [-0.4, -0.2) is 43.4 Å². The molecule has 0 bridgehead atoms. The summed E-state index contributed by atoms with van der Waals surface area (Å²) < 4.78 is 32.5. The second-order valence-corrected chi connectivity index (χ2v) is 6.42. The summed E-state index contributed by atoms with van der Waals surface area (Å²) in [5, 5.41) is 8.55. The summed E-state index contributed by atoms with van der Waals surface area (Å²) in [5.41, 5.74) is 0. The summed E-state index contributed by atoms with van der Waals surface area (Å²) in [6.07, 6.45) is 2.58. The van der Waals surface area contributed by atoms with Crippen molar-refractivity contribution in [2.75, 3.05) is 13.6 Å². The number of rotatable bonds is 9. The van der Waals surface area contributed by atoms with Crippen LogP contribution in [0.5, 0.6) is 0 Å². The summed E-state index contributed by atoms with van der Waals surface area (Å²) in [5.74, 6) is -0.229. The Morgan fingerprint density at radius 3 is 2.80 bits per heavy atom. The van der Waals surface area contributed by atoms with Crippen LogP contribution in [0.25, 0.3) is 0 Å². The Bertz CT molecular complexity index is 512. The van der Waals surface area contributed by atoms with E-state index in [9.17, 15) is 13.2 Å². The molecule has 1 aromatic rings. The molecule has 0 aliphatic carbocycles. The number of furan rings is 1. The van der Waals surface area contributed by atoms with Gasteiger partial charge < -0.3 is 9.52 Å². The number of nitrogens with one attached hydrogen (secondary N) is 1. The number of carboxylic acid groups (broad SMARTS) is 1. The van der Waals surface area contributed by atoms with Gasteiger partial charge in [-0.1, -0.05) is 0 Å². The van der Waals surface area contributed by atoms with Crippen LogP contribution in [0.1, 0.15) is 25.5 Å². The van der Waals surface area contributed by atoms with Crippen molar-refractivity contribution >= 4 is 16.2 Å². The van der Waals surface area contributed by atoms with Crippen molar-refractivity contribution in [2.24, 2.45) is 0 Å². The molecule has 0 amide bonds. The summed E-state index contributed by atoms with van der Waals surface area (Å²) in [6.45, 7) is 1.70. The van der Waals surface area contributed by atoms with E-state index >= 15 is 0 Å². The molecular weight excluding hydrogens is 284 g/mol. The summed E-state index contributed by atoms with van der Waals surface area (Å²) in [6, 6.07) is 3.35. The molecule has 1 heterocycles. The molecule has 20 heavy (non-hydrogen) atoms. The second-order valence-electron chi connectivity index (χ2n) is 4.61. The smallest absolute Gasteiger partial charge is 0.304 e. The first kappa shape index (κ1) is 16.7. The van der Waals surface area contributed by atoms with Crippen LogP contribution in [-0.2, 0) is 21.4 Å². The Labute approximate surface area is 118 Å². The minimum atomic E-state index is -3.66. The molecule has 8 heteroatoms. The average molecular weight is 304 g/mol. The van der Waals surface area contributed by atoms with Crippen LogP contribution >= 0.6 is 0 Å². The van der Waals surface area contributed by atoms with Gasteiger partial charge in [0, 0.05) is 26.1 Å². The maximum Gasteiger partial charge on any atom is 0.304 e. The molecule has 1 unspecified atom stereocenters. The van der Waals surface area contributed by atoms with Gasteiger partial charge in [-0.15, -0.1) is 0 Å². The van der Waals surface area contributed by atoms with E-state index in [0.717, 1.165) is 10.1 Å². The van der Waals surface area contributed by atoms with Gasteiger partial charge in [0.05, 0.1) is 12.7 Å². The Morgan fingerprint density at radius 2 is 2.25 bits per heavy atom. The highest BCUT2D eigenvalue weighted by atomic mass is 32.2. The van der Waals surface area contributed by atoms with Gasteiger partial charge in [0.15, 0.2) is 0 Å². The van der Waals surface area contributed by atoms with Crippen molar-refractivity contribution in [2.45, 2.75) is 32.2 Å². The number of hydrogen-bond acceptors (Lipinski definition) is 4. The number of carboxylic acids is 1. The molecule has 0 aliphatic heterocycles. The van der Waals surface area contributed by atoms with Crippen molar-refractivity contribution in [1.29, 1.82) is 0 Å². The molecule has 1 aromatic heterocycles. The Hall–Kier alpha value is -1.38. The van der Waals surface area contributed by atoms with E-state index in [0.29, 0.717) is 12.8 Å². The van der Waals surface area contributed by atoms with Crippen molar-refractivity contribution in [3.63, 3.8) is 0 Å². The second kappa shape index (κ2) is 7.41. The standard InChI is InChI=1S/C12H20N2O5S/c1-10(5-6-11-4-3-9-19-11)13-20(17,18)14(2)8-7-12(15)16/h3-4,9-10,13H,5-8H2,1-2H3,(H,15,16). The van der Waals surface area contributed by atoms with Crippen LogP contribution < -0.4 is 4.72 Å². The van der Waals surface area contributed by atoms with Gasteiger partial charge in [0.2, 0.25) is 0 Å². The number of aryl methyl sites for hydroxylation is 1. The summed E-state index contributed by atoms with van der Waals surface area (Å²) in [7, 11) is -2.31. The molecule has 1 rings (SSSR count). The van der Waals surface area contributed by atoms with E-state index in [-0.39, 0.29) is 19.0 Å². The van der Waals surface area contributed by atoms with E-state index in [2.05, 4.69) is 4.72 Å². The molecule has 0 aliphatic rings. The van der Waals surface area contributed by atoms with Crippen molar-refractivity contribution in [3.05, 3.63) is 24.2 Å². The van der Waals surface area contributed by atoms with Crippen LogP contribution in [0.3, 0.4) is 0 Å². The molecule has 0 saturated heterocycles. The normalized spacial score (nSPS) is 13.6. The molecule has 0 radical (unpaired) electrons. The minimum Gasteiger partial charge on any atom is -0.481 e. The van der Waals surface area contributed by atoms with Crippen LogP contribution in [0, 0.1) is 0 Å². The Balaban J connectivity index is 2.41. The Morgan fingerprint density at radius 1 is 1.55 bits per heavy atom. The maximum absolute atomic E-state index is 11.9. The molecule has 0 saturated carbocycles. The van der Waals surface area contributed by atoms with E-state index in [1.165, 1.54) is 7.05 Å². The highest BCUT2D eigenvalue weighted by Crippen LogP contribution is 2.07. The predicted molar refractivity (Wildman–Crippen MR) is 73.4 cm³/mol. The maximum atomic E-state index is 11.9. The zero-order valence-electron chi connectivity index (χ0n) is 11.6. The van der Waals surface area contributed by atoms with Gasteiger partial charge in [-0.05, 0) is 25.5 Å². The number of aliphatic carboxylic acids is 1. The van der Waals surface area contributed by atoms with E-state index in [1.54, 1.807) is 19.3 Å². The topological polar surface area (TPSA) is 99.9 Å². The molecule has 2 N–H and O–H groups in total. The summed E-state index contributed by atoms with van der Waals surface area (Å²) in [4.78, 5) is 10.4. The largest absolute Gasteiger partial charge is 0.481 e. The SMILES string of the molecule is CC(CCc1ccco1)NS(=O)(=O)N(C)CCC(=O)O. The zero-order valence-corrected chi connectivity index (χ0v) is 12.4. The molecule has 0 fully saturated rings. The third-order valence-electron chi connectivity index (χ3n) is 2.80. The van der Waals surface area contributed by atoms with Crippen LogP contribution in [0.15, 0.2) is 22.8 Å². The highest BCUT2D eigenvalue weighted by Gasteiger charge is 2.20. The molecule has 1 atom stereocenters. The fourth-order valence-electron chi connectivity index (χ4n) is 1.59. The van der Waals surface area contributed by atoms with Gasteiger partial charge in [0.25, 0.3) is 10.2 Å². The van der Waals surface area contributed by atoms with E-state index in [1.807, 2.05) is 6.07 Å². The van der Waals surface area contributed by atoms with Gasteiger partial charge >= 0.3 is 5.97 Å². The lowest BCUT2D eigenvalue weighted by Crippen LogP contribution is -2.43. The van der Waals surface area contributed by atoms with Crippen molar-refractivity contribution in [1.82, 2.24) is 9.03 Å². The first-order valence-corrected chi connectivity index (χ1v) is 7.73. The lowest BCUT2D eigenvalue weighted by atomic mass is 10.2. The zero-order chi connectivity index (χ0) is 15.2. The lowest BCUT2D eigenvalue weighted by molar-refractivity contribution is -0.137. The van der Waals surface area contributed by atoms with Crippen molar-refractivity contribution in [3.8, 4) is 0 Å². The fourth-order valence-corrected chi connectivity index (χ4v) is 2.73. The van der Waals surface area contributed by atoms with E-state index < -0.39 is 16.2 Å². The third kappa shape index (κ3) is 5.72. The van der Waals surface area contributed by atoms with Gasteiger partial charge in [0.1, 0.15) is 5.76 Å². The van der Waals surface area contributed by atoms with Crippen LogP contribution in [0.4, 0.5) is 0 Å². The third-order valence-corrected chi connectivity index (χ3v) is 4.51. The van der Waals surface area contributed by atoms with E-state index in [4.69, 9.17) is 9.52 Å². The number of nitrogens with zero attached hydrogens (tertiary/aromatic N) is 1. The van der Waals surface area contributed by atoms with Gasteiger partial charge in [-0.2, -0.15) is 17.4 Å². The molecular formula is C12H20N2O5S. The van der Waals surface area contributed by atoms with Crippen LogP contribution in [0.2, 0.25) is 0 Å². The fraction of sp³-hybridized carbons (Fsp3) is 0.583. The predicted octanol–water partition coefficient (Wildman–Crippen LogP) is 0.842. The summed E-state index contributed by atoms with van der Waals surface area (Å²) >= 11 is 0. The number of hydrogen-bond donors (Lipinski definition) is 2. The molecule has 114 valence electrons. The van der Waals surface area contributed by atoms with Crippen molar-refractivity contribution < 1.29 is 22.7 Å². The minimum absolute atomic E-state index is 0.0599. The van der Waals surface area contributed by atoms with Gasteiger partial charge in [-0.3, -0.25) is 4.79 Å². The highest BCUT2D eigenvalue weighted by molar-refractivity contribution is 7.87. The first-order chi connectivity index (χ1) is 9.31. The monoisotopic (exact) mass is 304 g/mol. The quantitative estimate of drug-likeness (QED) is 0.704. The number of carbonyl (C=O) groups is 1. The average Bonchev–Trinajstić information content (AvgIpc) is 2.85.